The third kappa shape index (κ3) is 4.29. The van der Waals surface area contributed by atoms with Crippen LogP contribution in [0.1, 0.15) is 20.4 Å². The summed E-state index contributed by atoms with van der Waals surface area (Å²) in [6.45, 7) is 5.97. The first-order valence-electron chi connectivity index (χ1n) is 7.45. The number of amides is 1. The number of nitrogens with zero attached hydrogens (tertiary/aromatic N) is 2. The van der Waals surface area contributed by atoms with Gasteiger partial charge in [-0.15, -0.1) is 11.3 Å². The number of hydrogen-bond acceptors (Lipinski definition) is 5. The molecule has 0 atom stereocenters. The predicted octanol–water partition coefficient (Wildman–Crippen LogP) is 3.19. The van der Waals surface area contributed by atoms with Crippen LogP contribution in [0.4, 0.5) is 5.69 Å². The van der Waals surface area contributed by atoms with Crippen molar-refractivity contribution in [3.63, 3.8) is 0 Å². The number of hydrogen-bond donors (Lipinski definition) is 1. The molecule has 0 saturated carbocycles. The van der Waals surface area contributed by atoms with Crippen molar-refractivity contribution < 1.29 is 9.53 Å². The van der Waals surface area contributed by atoms with E-state index in [0.717, 1.165) is 49.2 Å². The molecule has 3 rings (SSSR count). The van der Waals surface area contributed by atoms with Crippen molar-refractivity contribution in [1.82, 2.24) is 9.88 Å². The fourth-order valence-electron chi connectivity index (χ4n) is 2.40. The molecular weight excluding hydrogens is 334 g/mol. The zero-order valence-corrected chi connectivity index (χ0v) is 14.4. The lowest BCUT2D eigenvalue weighted by atomic mass is 10.3. The van der Waals surface area contributed by atoms with Gasteiger partial charge in [-0.05, 0) is 31.2 Å². The topological polar surface area (TPSA) is 54.5 Å². The normalized spacial score (nSPS) is 15.6. The summed E-state index contributed by atoms with van der Waals surface area (Å²) in [5, 5.41) is 4.49. The number of aryl methyl sites for hydroxylation is 1. The summed E-state index contributed by atoms with van der Waals surface area (Å²) in [6.07, 6.45) is 0. The fourth-order valence-corrected chi connectivity index (χ4v) is 3.53. The maximum absolute atomic E-state index is 12.4. The first-order valence-corrected chi connectivity index (χ1v) is 8.64. The molecule has 5 nitrogen and oxygen atoms in total. The molecule has 1 saturated heterocycles. The Bertz CT molecular complexity index is 681. The van der Waals surface area contributed by atoms with Gasteiger partial charge in [0.1, 0.15) is 9.88 Å². The number of thiazole rings is 1. The second-order valence-corrected chi connectivity index (χ2v) is 6.89. The van der Waals surface area contributed by atoms with Crippen molar-refractivity contribution in [2.75, 3.05) is 31.6 Å². The summed E-state index contributed by atoms with van der Waals surface area (Å²) in [6, 6.07) is 7.07. The SMILES string of the molecule is Cc1nc(CN2CCOCC2)sc1C(=O)Nc1ccc(Cl)cc1. The number of halogens is 1. The molecule has 1 fully saturated rings. The fraction of sp³-hybridized carbons (Fsp3) is 0.375. The van der Waals surface area contributed by atoms with Gasteiger partial charge in [-0.3, -0.25) is 9.69 Å². The van der Waals surface area contributed by atoms with Gasteiger partial charge in [0.15, 0.2) is 0 Å². The van der Waals surface area contributed by atoms with Crippen molar-refractivity contribution >= 4 is 34.5 Å². The molecule has 122 valence electrons. The molecule has 2 heterocycles. The molecule has 1 aliphatic heterocycles. The van der Waals surface area contributed by atoms with E-state index in [0.29, 0.717) is 9.90 Å². The zero-order valence-electron chi connectivity index (χ0n) is 12.8. The van der Waals surface area contributed by atoms with Crippen LogP contribution in [0.3, 0.4) is 0 Å². The second kappa shape index (κ2) is 7.40. The molecule has 1 amide bonds. The van der Waals surface area contributed by atoms with Gasteiger partial charge in [0, 0.05) is 23.8 Å². The molecule has 0 spiro atoms. The smallest absolute Gasteiger partial charge is 0.267 e. The Morgan fingerprint density at radius 3 is 2.74 bits per heavy atom. The van der Waals surface area contributed by atoms with E-state index in [1.165, 1.54) is 11.3 Å². The van der Waals surface area contributed by atoms with Crippen molar-refractivity contribution in [2.24, 2.45) is 0 Å². The first kappa shape index (κ1) is 16.4. The van der Waals surface area contributed by atoms with Crippen LogP contribution < -0.4 is 5.32 Å². The van der Waals surface area contributed by atoms with Gasteiger partial charge in [0.2, 0.25) is 0 Å². The quantitative estimate of drug-likeness (QED) is 0.919. The predicted molar refractivity (Wildman–Crippen MR) is 92.4 cm³/mol. The maximum atomic E-state index is 12.4. The second-order valence-electron chi connectivity index (χ2n) is 5.37. The van der Waals surface area contributed by atoms with E-state index in [1.54, 1.807) is 24.3 Å². The summed E-state index contributed by atoms with van der Waals surface area (Å²) in [4.78, 5) is 19.9. The average Bonchev–Trinajstić information content (AvgIpc) is 2.91. The Balaban J connectivity index is 1.67. The zero-order chi connectivity index (χ0) is 16.2. The van der Waals surface area contributed by atoms with Crippen molar-refractivity contribution in [2.45, 2.75) is 13.5 Å². The summed E-state index contributed by atoms with van der Waals surface area (Å²) >= 11 is 7.30. The number of aromatic nitrogens is 1. The van der Waals surface area contributed by atoms with Gasteiger partial charge < -0.3 is 10.1 Å². The van der Waals surface area contributed by atoms with Crippen LogP contribution in [0.2, 0.25) is 5.02 Å². The van der Waals surface area contributed by atoms with Gasteiger partial charge in [0.25, 0.3) is 5.91 Å². The summed E-state index contributed by atoms with van der Waals surface area (Å²) in [7, 11) is 0. The molecule has 1 aromatic carbocycles. The summed E-state index contributed by atoms with van der Waals surface area (Å²) in [5.74, 6) is -0.129. The molecule has 1 aromatic heterocycles. The lowest BCUT2D eigenvalue weighted by Crippen LogP contribution is -2.35. The molecule has 0 radical (unpaired) electrons. The highest BCUT2D eigenvalue weighted by Gasteiger charge is 2.18. The lowest BCUT2D eigenvalue weighted by molar-refractivity contribution is 0.0341. The Labute approximate surface area is 144 Å². The molecule has 23 heavy (non-hydrogen) atoms. The molecule has 0 aliphatic carbocycles. The number of nitrogens with one attached hydrogen (secondary N) is 1. The molecule has 7 heteroatoms. The molecule has 0 bridgehead atoms. The van der Waals surface area contributed by atoms with E-state index in [2.05, 4.69) is 15.2 Å². The highest BCUT2D eigenvalue weighted by molar-refractivity contribution is 7.13. The number of benzene rings is 1. The molecule has 0 unspecified atom stereocenters. The van der Waals surface area contributed by atoms with Gasteiger partial charge in [0.05, 0.1) is 25.5 Å². The number of carbonyl (C=O) groups is 1. The van der Waals surface area contributed by atoms with Gasteiger partial charge in [-0.1, -0.05) is 11.6 Å². The minimum Gasteiger partial charge on any atom is -0.379 e. The van der Waals surface area contributed by atoms with E-state index in [9.17, 15) is 4.79 Å². The largest absolute Gasteiger partial charge is 0.379 e. The molecular formula is C16H18ClN3O2S. The Kier molecular flexibility index (Phi) is 5.27. The number of anilines is 1. The maximum Gasteiger partial charge on any atom is 0.267 e. The van der Waals surface area contributed by atoms with Crippen molar-refractivity contribution in [1.29, 1.82) is 0 Å². The summed E-state index contributed by atoms with van der Waals surface area (Å²) in [5.41, 5.74) is 1.49. The van der Waals surface area contributed by atoms with E-state index in [-0.39, 0.29) is 5.91 Å². The third-order valence-electron chi connectivity index (χ3n) is 3.61. The van der Waals surface area contributed by atoms with Crippen LogP contribution in [-0.4, -0.2) is 42.1 Å². The standard InChI is InChI=1S/C16H18ClN3O2S/c1-11-15(16(21)19-13-4-2-12(17)3-5-13)23-14(18-11)10-20-6-8-22-9-7-20/h2-5H,6-10H2,1H3,(H,19,21). The first-order chi connectivity index (χ1) is 11.1. The van der Waals surface area contributed by atoms with Crippen LogP contribution in [-0.2, 0) is 11.3 Å². The van der Waals surface area contributed by atoms with Gasteiger partial charge >= 0.3 is 0 Å². The van der Waals surface area contributed by atoms with Gasteiger partial charge in [-0.2, -0.15) is 0 Å². The third-order valence-corrected chi connectivity index (χ3v) is 5.00. The minimum absolute atomic E-state index is 0.129. The van der Waals surface area contributed by atoms with E-state index >= 15 is 0 Å². The monoisotopic (exact) mass is 351 g/mol. The molecule has 1 aliphatic rings. The van der Waals surface area contributed by atoms with Crippen LogP contribution in [0, 0.1) is 6.92 Å². The average molecular weight is 352 g/mol. The van der Waals surface area contributed by atoms with Crippen LogP contribution in [0.5, 0.6) is 0 Å². The van der Waals surface area contributed by atoms with Crippen molar-refractivity contribution in [3.8, 4) is 0 Å². The Hall–Kier alpha value is -1.47. The number of rotatable bonds is 4. The minimum atomic E-state index is -0.129. The number of morpholine rings is 1. The van der Waals surface area contributed by atoms with E-state index < -0.39 is 0 Å². The van der Waals surface area contributed by atoms with E-state index in [4.69, 9.17) is 16.3 Å². The highest BCUT2D eigenvalue weighted by atomic mass is 35.5. The summed E-state index contributed by atoms with van der Waals surface area (Å²) < 4.78 is 5.35. The lowest BCUT2D eigenvalue weighted by Gasteiger charge is -2.25. The Morgan fingerprint density at radius 1 is 1.35 bits per heavy atom. The molecule has 1 N–H and O–H groups in total. The van der Waals surface area contributed by atoms with E-state index in [1.807, 2.05) is 6.92 Å². The Morgan fingerprint density at radius 2 is 2.04 bits per heavy atom. The van der Waals surface area contributed by atoms with Crippen molar-refractivity contribution in [3.05, 3.63) is 44.9 Å². The van der Waals surface area contributed by atoms with Crippen LogP contribution in [0.15, 0.2) is 24.3 Å². The van der Waals surface area contributed by atoms with Gasteiger partial charge in [-0.25, -0.2) is 4.98 Å². The van der Waals surface area contributed by atoms with Crippen LogP contribution in [0.25, 0.3) is 0 Å². The number of carbonyl (C=O) groups excluding carboxylic acids is 1. The number of ether oxygens (including phenoxy) is 1. The van der Waals surface area contributed by atoms with Crippen LogP contribution >= 0.6 is 22.9 Å². The molecule has 2 aromatic rings. The highest BCUT2D eigenvalue weighted by Crippen LogP contribution is 2.22.